The number of nitriles is 1. The standard InChI is InChI=1S/C18H23N5O4.ClH/c1-22-16(15(10-19)17(25)23(2)18(22)26)21-9-8-20-11-13(24)12-27-14-6-4-3-5-7-14;/h3-7,13,20-21,24H,8-9,11-12H2,1-2H3;1H. The number of aromatic nitrogens is 2. The summed E-state index contributed by atoms with van der Waals surface area (Å²) in [6.45, 7) is 1.29. The van der Waals surface area contributed by atoms with Crippen LogP contribution in [0, 0.1) is 11.3 Å². The Morgan fingerprint density at radius 2 is 1.86 bits per heavy atom. The van der Waals surface area contributed by atoms with Gasteiger partial charge < -0.3 is 20.5 Å². The van der Waals surface area contributed by atoms with Crippen LogP contribution in [-0.2, 0) is 14.1 Å². The lowest BCUT2D eigenvalue weighted by atomic mass is 10.3. The van der Waals surface area contributed by atoms with Gasteiger partial charge in [-0.05, 0) is 12.1 Å². The Labute approximate surface area is 168 Å². The summed E-state index contributed by atoms with van der Waals surface area (Å²) in [5.74, 6) is 0.870. The van der Waals surface area contributed by atoms with Gasteiger partial charge in [-0.15, -0.1) is 12.4 Å². The maximum absolute atomic E-state index is 12.0. The summed E-state index contributed by atoms with van der Waals surface area (Å²) in [4.78, 5) is 23.9. The fourth-order valence-electron chi connectivity index (χ4n) is 2.46. The third-order valence-electron chi connectivity index (χ3n) is 3.94. The van der Waals surface area contributed by atoms with Crippen molar-refractivity contribution in [3.05, 3.63) is 56.7 Å². The summed E-state index contributed by atoms with van der Waals surface area (Å²) in [6.07, 6.45) is -0.687. The second-order valence-corrected chi connectivity index (χ2v) is 5.95. The van der Waals surface area contributed by atoms with E-state index in [1.165, 1.54) is 18.7 Å². The molecule has 0 radical (unpaired) electrons. The number of benzene rings is 1. The molecule has 0 saturated heterocycles. The second-order valence-electron chi connectivity index (χ2n) is 5.95. The van der Waals surface area contributed by atoms with E-state index >= 15 is 0 Å². The van der Waals surface area contributed by atoms with Crippen LogP contribution < -0.4 is 26.6 Å². The average Bonchev–Trinajstić information content (AvgIpc) is 2.69. The Bertz CT molecular complexity index is 921. The first-order valence-corrected chi connectivity index (χ1v) is 8.46. The highest BCUT2D eigenvalue weighted by Gasteiger charge is 2.14. The summed E-state index contributed by atoms with van der Waals surface area (Å²) in [5.41, 5.74) is -1.26. The number of hydrogen-bond donors (Lipinski definition) is 3. The van der Waals surface area contributed by atoms with Gasteiger partial charge in [-0.2, -0.15) is 5.26 Å². The van der Waals surface area contributed by atoms with Crippen LogP contribution in [-0.4, -0.2) is 46.6 Å². The number of anilines is 1. The van der Waals surface area contributed by atoms with E-state index in [2.05, 4.69) is 10.6 Å². The Morgan fingerprint density at radius 1 is 1.18 bits per heavy atom. The molecule has 0 aliphatic heterocycles. The van der Waals surface area contributed by atoms with E-state index < -0.39 is 17.4 Å². The minimum absolute atomic E-state index is 0. The molecule has 9 nitrogen and oxygen atoms in total. The highest BCUT2D eigenvalue weighted by molar-refractivity contribution is 5.85. The summed E-state index contributed by atoms with van der Waals surface area (Å²) < 4.78 is 7.58. The lowest BCUT2D eigenvalue weighted by Crippen LogP contribution is -2.40. The normalized spacial score (nSPS) is 11.2. The van der Waals surface area contributed by atoms with Crippen molar-refractivity contribution in [2.24, 2.45) is 14.1 Å². The number of nitrogens with one attached hydrogen (secondary N) is 2. The lowest BCUT2D eigenvalue weighted by Gasteiger charge is -2.15. The van der Waals surface area contributed by atoms with Gasteiger partial charge in [-0.3, -0.25) is 13.9 Å². The van der Waals surface area contributed by atoms with Gasteiger partial charge in [-0.25, -0.2) is 4.79 Å². The van der Waals surface area contributed by atoms with Crippen molar-refractivity contribution in [3.8, 4) is 11.8 Å². The molecule has 0 bridgehead atoms. The van der Waals surface area contributed by atoms with E-state index in [-0.39, 0.29) is 30.4 Å². The van der Waals surface area contributed by atoms with Crippen molar-refractivity contribution >= 4 is 18.2 Å². The van der Waals surface area contributed by atoms with E-state index in [0.29, 0.717) is 25.4 Å². The van der Waals surface area contributed by atoms with Gasteiger partial charge >= 0.3 is 5.69 Å². The fourth-order valence-corrected chi connectivity index (χ4v) is 2.46. The van der Waals surface area contributed by atoms with E-state index in [4.69, 9.17) is 4.74 Å². The molecule has 0 aliphatic rings. The third-order valence-corrected chi connectivity index (χ3v) is 3.94. The number of aliphatic hydroxyl groups is 1. The molecule has 0 aliphatic carbocycles. The second kappa shape index (κ2) is 11.1. The largest absolute Gasteiger partial charge is 0.491 e. The first kappa shape index (κ1) is 23.2. The maximum atomic E-state index is 12.0. The molecule has 2 rings (SSSR count). The quantitative estimate of drug-likeness (QED) is 0.491. The molecule has 0 fully saturated rings. The summed E-state index contributed by atoms with van der Waals surface area (Å²) in [6, 6.07) is 11.0. The minimum atomic E-state index is -0.687. The predicted molar refractivity (Wildman–Crippen MR) is 108 cm³/mol. The molecule has 2 aromatic rings. The molecule has 28 heavy (non-hydrogen) atoms. The minimum Gasteiger partial charge on any atom is -0.491 e. The number of para-hydroxylation sites is 1. The maximum Gasteiger partial charge on any atom is 0.332 e. The highest BCUT2D eigenvalue weighted by Crippen LogP contribution is 2.08. The number of rotatable bonds is 9. The summed E-state index contributed by atoms with van der Waals surface area (Å²) in [7, 11) is 2.82. The molecule has 0 amide bonds. The lowest BCUT2D eigenvalue weighted by molar-refractivity contribution is 0.107. The number of halogens is 1. The molecule has 3 N–H and O–H groups in total. The molecule has 0 spiro atoms. The predicted octanol–water partition coefficient (Wildman–Crippen LogP) is -0.181. The average molecular weight is 410 g/mol. The monoisotopic (exact) mass is 409 g/mol. The van der Waals surface area contributed by atoms with Crippen LogP contribution in [0.15, 0.2) is 39.9 Å². The van der Waals surface area contributed by atoms with Crippen molar-refractivity contribution in [2.45, 2.75) is 6.10 Å². The van der Waals surface area contributed by atoms with Crippen LogP contribution in [0.4, 0.5) is 5.82 Å². The molecule has 0 saturated carbocycles. The molecule has 152 valence electrons. The van der Waals surface area contributed by atoms with Crippen molar-refractivity contribution in [2.75, 3.05) is 31.6 Å². The van der Waals surface area contributed by atoms with Crippen molar-refractivity contribution in [1.29, 1.82) is 5.26 Å². The molecule has 1 heterocycles. The van der Waals surface area contributed by atoms with Gasteiger partial charge in [0.25, 0.3) is 5.56 Å². The smallest absolute Gasteiger partial charge is 0.332 e. The number of hydrogen-bond acceptors (Lipinski definition) is 7. The zero-order valence-electron chi connectivity index (χ0n) is 15.7. The van der Waals surface area contributed by atoms with Gasteiger partial charge in [0.2, 0.25) is 0 Å². The van der Waals surface area contributed by atoms with Crippen LogP contribution in [0.25, 0.3) is 0 Å². The van der Waals surface area contributed by atoms with Gasteiger partial charge in [0, 0.05) is 33.7 Å². The summed E-state index contributed by atoms with van der Waals surface area (Å²) >= 11 is 0. The molecule has 1 aromatic carbocycles. The molecular formula is C18H24ClN5O4. The van der Waals surface area contributed by atoms with Crippen molar-refractivity contribution < 1.29 is 9.84 Å². The molecular weight excluding hydrogens is 386 g/mol. The summed E-state index contributed by atoms with van der Waals surface area (Å²) in [5, 5.41) is 25.1. The van der Waals surface area contributed by atoms with Crippen LogP contribution >= 0.6 is 12.4 Å². The first-order chi connectivity index (χ1) is 13.0. The van der Waals surface area contributed by atoms with Crippen LogP contribution in [0.1, 0.15) is 5.56 Å². The molecule has 1 atom stereocenters. The van der Waals surface area contributed by atoms with E-state index in [0.717, 1.165) is 4.57 Å². The Morgan fingerprint density at radius 3 is 2.50 bits per heavy atom. The third kappa shape index (κ3) is 5.85. The van der Waals surface area contributed by atoms with Crippen LogP contribution in [0.2, 0.25) is 0 Å². The fraction of sp³-hybridized carbons (Fsp3) is 0.389. The number of nitrogens with zero attached hydrogens (tertiary/aromatic N) is 3. The van der Waals surface area contributed by atoms with Crippen LogP contribution in [0.3, 0.4) is 0 Å². The Kier molecular flexibility index (Phi) is 9.24. The first-order valence-electron chi connectivity index (χ1n) is 8.46. The molecule has 1 unspecified atom stereocenters. The SMILES string of the molecule is Cl.Cn1c(NCCNCC(O)COc2ccccc2)c(C#N)c(=O)n(C)c1=O. The van der Waals surface area contributed by atoms with Gasteiger partial charge in [0.15, 0.2) is 5.56 Å². The van der Waals surface area contributed by atoms with Gasteiger partial charge in [0.05, 0.1) is 0 Å². The Hall–Kier alpha value is -2.80. The Balaban J connectivity index is 0.00000392. The van der Waals surface area contributed by atoms with E-state index in [9.17, 15) is 20.0 Å². The van der Waals surface area contributed by atoms with Crippen molar-refractivity contribution in [3.63, 3.8) is 0 Å². The number of aliphatic hydroxyl groups excluding tert-OH is 1. The molecule has 10 heteroatoms. The van der Waals surface area contributed by atoms with E-state index in [1.807, 2.05) is 36.4 Å². The zero-order chi connectivity index (χ0) is 19.8. The molecule has 1 aromatic heterocycles. The van der Waals surface area contributed by atoms with E-state index in [1.54, 1.807) is 0 Å². The zero-order valence-corrected chi connectivity index (χ0v) is 16.5. The van der Waals surface area contributed by atoms with Crippen LogP contribution in [0.5, 0.6) is 5.75 Å². The van der Waals surface area contributed by atoms with Gasteiger partial charge in [0.1, 0.15) is 30.3 Å². The van der Waals surface area contributed by atoms with Crippen molar-refractivity contribution in [1.82, 2.24) is 14.5 Å². The number of ether oxygens (including phenoxy) is 1. The van der Waals surface area contributed by atoms with Gasteiger partial charge in [-0.1, -0.05) is 18.2 Å². The highest BCUT2D eigenvalue weighted by atomic mass is 35.5. The topological polar surface area (TPSA) is 121 Å².